The van der Waals surface area contributed by atoms with Gasteiger partial charge in [-0.3, -0.25) is 9.69 Å². The third-order valence-corrected chi connectivity index (χ3v) is 6.63. The molecule has 24 heavy (non-hydrogen) atoms. The fourth-order valence-electron chi connectivity index (χ4n) is 2.83. The molecule has 0 amide bonds. The SMILES string of the molecule is CCCCS(=O)(=O)N1CCN(CC(=O)c2ccc(C)c(C)c2)CC1. The Morgan fingerprint density at radius 2 is 1.75 bits per heavy atom. The summed E-state index contributed by atoms with van der Waals surface area (Å²) in [7, 11) is -3.14. The van der Waals surface area contributed by atoms with Crippen molar-refractivity contribution in [1.82, 2.24) is 9.21 Å². The van der Waals surface area contributed by atoms with Crippen LogP contribution in [0.5, 0.6) is 0 Å². The summed E-state index contributed by atoms with van der Waals surface area (Å²) >= 11 is 0. The van der Waals surface area contributed by atoms with Crippen molar-refractivity contribution in [2.24, 2.45) is 0 Å². The second kappa shape index (κ2) is 8.23. The molecule has 0 saturated carbocycles. The Bertz CT molecular complexity index is 678. The molecule has 0 atom stereocenters. The highest BCUT2D eigenvalue weighted by atomic mass is 32.2. The second-order valence-corrected chi connectivity index (χ2v) is 8.66. The predicted molar refractivity (Wildman–Crippen MR) is 97.0 cm³/mol. The molecule has 134 valence electrons. The van der Waals surface area contributed by atoms with Crippen LogP contribution in [0.2, 0.25) is 0 Å². The minimum absolute atomic E-state index is 0.0976. The topological polar surface area (TPSA) is 57.7 Å². The molecule has 6 heteroatoms. The number of hydrogen-bond donors (Lipinski definition) is 0. The van der Waals surface area contributed by atoms with Gasteiger partial charge < -0.3 is 0 Å². The van der Waals surface area contributed by atoms with Gasteiger partial charge in [0.1, 0.15) is 0 Å². The summed E-state index contributed by atoms with van der Waals surface area (Å²) < 4.78 is 26.0. The van der Waals surface area contributed by atoms with Gasteiger partial charge in [0.25, 0.3) is 0 Å². The number of carbonyl (C=O) groups is 1. The minimum Gasteiger partial charge on any atom is -0.293 e. The minimum atomic E-state index is -3.14. The first-order valence-corrected chi connectivity index (χ1v) is 10.2. The lowest BCUT2D eigenvalue weighted by Gasteiger charge is -2.33. The van der Waals surface area contributed by atoms with Crippen molar-refractivity contribution in [2.45, 2.75) is 33.6 Å². The van der Waals surface area contributed by atoms with E-state index in [0.29, 0.717) is 39.1 Å². The maximum absolute atomic E-state index is 12.4. The highest BCUT2D eigenvalue weighted by Gasteiger charge is 2.27. The van der Waals surface area contributed by atoms with E-state index in [1.165, 1.54) is 5.56 Å². The lowest BCUT2D eigenvalue weighted by Crippen LogP contribution is -2.50. The van der Waals surface area contributed by atoms with Gasteiger partial charge in [0.15, 0.2) is 5.78 Å². The van der Waals surface area contributed by atoms with E-state index in [1.807, 2.05) is 43.9 Å². The van der Waals surface area contributed by atoms with Crippen molar-refractivity contribution in [2.75, 3.05) is 38.5 Å². The number of piperazine rings is 1. The van der Waals surface area contributed by atoms with Crippen molar-refractivity contribution in [1.29, 1.82) is 0 Å². The van der Waals surface area contributed by atoms with Crippen LogP contribution in [0.1, 0.15) is 41.3 Å². The maximum Gasteiger partial charge on any atom is 0.214 e. The number of rotatable bonds is 7. The zero-order valence-corrected chi connectivity index (χ0v) is 15.7. The van der Waals surface area contributed by atoms with Crippen LogP contribution in [0, 0.1) is 13.8 Å². The van der Waals surface area contributed by atoms with Crippen molar-refractivity contribution < 1.29 is 13.2 Å². The van der Waals surface area contributed by atoms with Crippen molar-refractivity contribution in [3.63, 3.8) is 0 Å². The average molecular weight is 353 g/mol. The van der Waals surface area contributed by atoms with Gasteiger partial charge in [-0.05, 0) is 37.5 Å². The van der Waals surface area contributed by atoms with E-state index in [4.69, 9.17) is 0 Å². The van der Waals surface area contributed by atoms with Crippen LogP contribution in [0.3, 0.4) is 0 Å². The average Bonchev–Trinajstić information content (AvgIpc) is 2.56. The number of nitrogens with zero attached hydrogens (tertiary/aromatic N) is 2. The molecule has 0 aliphatic carbocycles. The number of aryl methyl sites for hydroxylation is 2. The Morgan fingerprint density at radius 3 is 2.33 bits per heavy atom. The van der Waals surface area contributed by atoms with Crippen LogP contribution in [-0.4, -0.2) is 61.9 Å². The molecule has 1 saturated heterocycles. The molecule has 1 aromatic rings. The lowest BCUT2D eigenvalue weighted by atomic mass is 10.0. The Labute approximate surface area is 145 Å². The predicted octanol–water partition coefficient (Wildman–Crippen LogP) is 2.23. The third kappa shape index (κ3) is 4.88. The number of benzene rings is 1. The molecule has 0 N–H and O–H groups in total. The Morgan fingerprint density at radius 1 is 1.08 bits per heavy atom. The number of Topliss-reactive ketones (excluding diaryl/α,β-unsaturated/α-hetero) is 1. The molecule has 1 aliphatic heterocycles. The Balaban J connectivity index is 1.88. The van der Waals surface area contributed by atoms with Gasteiger partial charge in [0.05, 0.1) is 12.3 Å². The highest BCUT2D eigenvalue weighted by Crippen LogP contribution is 2.13. The summed E-state index contributed by atoms with van der Waals surface area (Å²) in [4.78, 5) is 14.5. The van der Waals surface area contributed by atoms with Gasteiger partial charge >= 0.3 is 0 Å². The van der Waals surface area contributed by atoms with E-state index >= 15 is 0 Å². The van der Waals surface area contributed by atoms with E-state index in [0.717, 1.165) is 17.5 Å². The molecule has 0 aromatic heterocycles. The van der Waals surface area contributed by atoms with Crippen LogP contribution in [0.15, 0.2) is 18.2 Å². The van der Waals surface area contributed by atoms with E-state index in [1.54, 1.807) is 4.31 Å². The zero-order valence-electron chi connectivity index (χ0n) is 14.9. The standard InChI is InChI=1S/C18H28N2O3S/c1-4-5-12-24(22,23)20-10-8-19(9-11-20)14-18(21)17-7-6-15(2)16(3)13-17/h6-7,13H,4-5,8-12,14H2,1-3H3. The monoisotopic (exact) mass is 352 g/mol. The van der Waals surface area contributed by atoms with Gasteiger partial charge in [-0.15, -0.1) is 0 Å². The van der Waals surface area contributed by atoms with Crippen LogP contribution in [-0.2, 0) is 10.0 Å². The molecule has 2 rings (SSSR count). The molecule has 1 aliphatic rings. The molecular formula is C18H28N2O3S. The fraction of sp³-hybridized carbons (Fsp3) is 0.611. The van der Waals surface area contributed by atoms with E-state index in [-0.39, 0.29) is 11.5 Å². The molecule has 0 unspecified atom stereocenters. The van der Waals surface area contributed by atoms with E-state index in [2.05, 4.69) is 0 Å². The summed E-state index contributed by atoms with van der Waals surface area (Å²) in [5.41, 5.74) is 3.03. The molecule has 0 bridgehead atoms. The number of carbonyl (C=O) groups excluding carboxylic acids is 1. The van der Waals surface area contributed by atoms with Crippen LogP contribution in [0.25, 0.3) is 0 Å². The third-order valence-electron chi connectivity index (χ3n) is 4.68. The normalized spacial score (nSPS) is 17.1. The van der Waals surface area contributed by atoms with Crippen LogP contribution >= 0.6 is 0 Å². The van der Waals surface area contributed by atoms with Crippen molar-refractivity contribution >= 4 is 15.8 Å². The Hall–Kier alpha value is -1.24. The first-order chi connectivity index (χ1) is 11.3. The van der Waals surface area contributed by atoms with Gasteiger partial charge in [0.2, 0.25) is 10.0 Å². The summed E-state index contributed by atoms with van der Waals surface area (Å²) in [6.45, 7) is 8.56. The molecule has 1 fully saturated rings. The summed E-state index contributed by atoms with van der Waals surface area (Å²) in [6.07, 6.45) is 1.58. The largest absolute Gasteiger partial charge is 0.293 e. The smallest absolute Gasteiger partial charge is 0.214 e. The maximum atomic E-state index is 12.4. The van der Waals surface area contributed by atoms with Gasteiger partial charge in [-0.25, -0.2) is 8.42 Å². The van der Waals surface area contributed by atoms with Gasteiger partial charge in [-0.1, -0.05) is 25.5 Å². The van der Waals surface area contributed by atoms with Crippen molar-refractivity contribution in [3.8, 4) is 0 Å². The molecule has 0 radical (unpaired) electrons. The van der Waals surface area contributed by atoms with E-state index < -0.39 is 10.0 Å². The summed E-state index contributed by atoms with van der Waals surface area (Å²) in [5.74, 6) is 0.325. The van der Waals surface area contributed by atoms with Gasteiger partial charge in [0, 0.05) is 31.7 Å². The number of hydrogen-bond acceptors (Lipinski definition) is 4. The van der Waals surface area contributed by atoms with Crippen molar-refractivity contribution in [3.05, 3.63) is 34.9 Å². The lowest BCUT2D eigenvalue weighted by molar-refractivity contribution is 0.0901. The second-order valence-electron chi connectivity index (χ2n) is 6.57. The van der Waals surface area contributed by atoms with Crippen LogP contribution in [0.4, 0.5) is 0 Å². The zero-order chi connectivity index (χ0) is 17.7. The van der Waals surface area contributed by atoms with E-state index in [9.17, 15) is 13.2 Å². The molecule has 0 spiro atoms. The molecule has 5 nitrogen and oxygen atoms in total. The summed E-state index contributed by atoms with van der Waals surface area (Å²) in [6, 6.07) is 5.78. The quantitative estimate of drug-likeness (QED) is 0.706. The first-order valence-electron chi connectivity index (χ1n) is 8.64. The summed E-state index contributed by atoms with van der Waals surface area (Å²) in [5, 5.41) is 0. The molecule has 1 heterocycles. The molecule has 1 aromatic carbocycles. The number of sulfonamides is 1. The first kappa shape index (κ1) is 19.1. The Kier molecular flexibility index (Phi) is 6.54. The molecular weight excluding hydrogens is 324 g/mol. The highest BCUT2D eigenvalue weighted by molar-refractivity contribution is 7.89. The number of ketones is 1. The van der Waals surface area contributed by atoms with Crippen LogP contribution < -0.4 is 0 Å². The number of unbranched alkanes of at least 4 members (excludes halogenated alkanes) is 1. The van der Waals surface area contributed by atoms with Gasteiger partial charge in [-0.2, -0.15) is 4.31 Å². The fourth-order valence-corrected chi connectivity index (χ4v) is 4.46.